The lowest BCUT2D eigenvalue weighted by Crippen LogP contribution is -2.12. The van der Waals surface area contributed by atoms with Gasteiger partial charge in [0.15, 0.2) is 11.5 Å². The van der Waals surface area contributed by atoms with Crippen LogP contribution in [0.5, 0.6) is 5.75 Å². The van der Waals surface area contributed by atoms with E-state index >= 15 is 0 Å². The summed E-state index contributed by atoms with van der Waals surface area (Å²) in [4.78, 5) is 12.6. The van der Waals surface area contributed by atoms with Crippen LogP contribution in [0.15, 0.2) is 87.5 Å². The first-order chi connectivity index (χ1) is 15.5. The van der Waals surface area contributed by atoms with Crippen molar-refractivity contribution in [3.63, 3.8) is 0 Å². The van der Waals surface area contributed by atoms with Crippen molar-refractivity contribution < 1.29 is 14.1 Å². The highest BCUT2D eigenvalue weighted by molar-refractivity contribution is 6.03. The second-order valence-electron chi connectivity index (χ2n) is 7.24. The number of aromatic nitrogens is 1. The molecule has 4 rings (SSSR count). The van der Waals surface area contributed by atoms with E-state index in [9.17, 15) is 4.79 Å². The Morgan fingerprint density at radius 3 is 2.44 bits per heavy atom. The first kappa shape index (κ1) is 21.0. The molecule has 0 fully saturated rings. The normalized spacial score (nSPS) is 11.0. The maximum absolute atomic E-state index is 12.6. The molecule has 0 unspecified atom stereocenters. The third kappa shape index (κ3) is 4.73. The van der Waals surface area contributed by atoms with Crippen LogP contribution in [0, 0.1) is 13.8 Å². The van der Waals surface area contributed by atoms with Gasteiger partial charge >= 0.3 is 0 Å². The van der Waals surface area contributed by atoms with Crippen LogP contribution >= 0.6 is 0 Å². The van der Waals surface area contributed by atoms with Gasteiger partial charge in [0.1, 0.15) is 5.75 Å². The van der Waals surface area contributed by atoms with Crippen LogP contribution < -0.4 is 10.1 Å². The largest absolute Gasteiger partial charge is 0.497 e. The van der Waals surface area contributed by atoms with Gasteiger partial charge in [0.05, 0.1) is 18.5 Å². The smallest absolute Gasteiger partial charge is 0.277 e. The Hall–Kier alpha value is -4.26. The highest BCUT2D eigenvalue weighted by atomic mass is 16.5. The summed E-state index contributed by atoms with van der Waals surface area (Å²) in [5.41, 5.74) is 5.10. The average molecular weight is 426 g/mol. The number of aryl methyl sites for hydroxylation is 2. The molecular weight excluding hydrogens is 404 g/mol. The summed E-state index contributed by atoms with van der Waals surface area (Å²) in [7, 11) is 1.60. The monoisotopic (exact) mass is 426 g/mol. The fraction of sp³-hybridized carbons (Fsp3) is 0.120. The van der Waals surface area contributed by atoms with Crippen molar-refractivity contribution in [3.8, 4) is 17.1 Å². The first-order valence-electron chi connectivity index (χ1n) is 10.0. The number of carbonyl (C=O) groups is 1. The highest BCUT2D eigenvalue weighted by Gasteiger charge is 2.15. The zero-order chi connectivity index (χ0) is 22.5. The number of hydrogen-bond donors (Lipinski definition) is 1. The number of carbonyl (C=O) groups excluding carboxylic acids is 1. The van der Waals surface area contributed by atoms with Crippen LogP contribution in [-0.4, -0.2) is 18.2 Å². The Labute approximate surface area is 185 Å². The molecule has 1 aromatic heterocycles. The van der Waals surface area contributed by atoms with Gasteiger partial charge in [-0.05, 0) is 73.5 Å². The van der Waals surface area contributed by atoms with Gasteiger partial charge in [-0.3, -0.25) is 4.79 Å². The molecule has 160 valence electrons. The van der Waals surface area contributed by atoms with E-state index in [1.165, 1.54) is 0 Å². The molecule has 0 aliphatic rings. The molecule has 32 heavy (non-hydrogen) atoms. The van der Waals surface area contributed by atoms with Crippen molar-refractivity contribution in [2.45, 2.75) is 13.8 Å². The van der Waals surface area contributed by atoms with Crippen molar-refractivity contribution >= 4 is 23.0 Å². The Morgan fingerprint density at radius 1 is 0.938 bits per heavy atom. The van der Waals surface area contributed by atoms with Crippen molar-refractivity contribution in [2.75, 3.05) is 12.4 Å². The molecule has 0 aliphatic heterocycles. The zero-order valence-electron chi connectivity index (χ0n) is 18.0. The van der Waals surface area contributed by atoms with Gasteiger partial charge in [-0.2, -0.15) is 10.2 Å². The lowest BCUT2D eigenvalue weighted by Gasteiger charge is -2.07. The Balaban J connectivity index is 1.45. The molecule has 7 heteroatoms. The van der Waals surface area contributed by atoms with E-state index in [4.69, 9.17) is 9.26 Å². The fourth-order valence-electron chi connectivity index (χ4n) is 3.10. The molecule has 7 nitrogen and oxygen atoms in total. The summed E-state index contributed by atoms with van der Waals surface area (Å²) < 4.78 is 10.5. The molecule has 3 aromatic carbocycles. The molecule has 0 bridgehead atoms. The summed E-state index contributed by atoms with van der Waals surface area (Å²) in [6, 6.07) is 22.2. The lowest BCUT2D eigenvalue weighted by atomic mass is 10.1. The SMILES string of the molecule is COc1ccc(-c2cc(C(=O)Nc3ccc(N=Nc4ccccc4C)cc3C)no2)cc1. The summed E-state index contributed by atoms with van der Waals surface area (Å²) in [6.45, 7) is 3.89. The minimum atomic E-state index is -0.356. The van der Waals surface area contributed by atoms with Gasteiger partial charge in [-0.15, -0.1) is 0 Å². The number of nitrogens with zero attached hydrogens (tertiary/aromatic N) is 3. The number of nitrogens with one attached hydrogen (secondary N) is 1. The van der Waals surface area contributed by atoms with Crippen LogP contribution in [0.25, 0.3) is 11.3 Å². The first-order valence-corrected chi connectivity index (χ1v) is 10.0. The highest BCUT2D eigenvalue weighted by Crippen LogP contribution is 2.27. The Kier molecular flexibility index (Phi) is 6.07. The van der Waals surface area contributed by atoms with Crippen LogP contribution in [0.2, 0.25) is 0 Å². The molecule has 1 N–H and O–H groups in total. The number of ether oxygens (including phenoxy) is 1. The van der Waals surface area contributed by atoms with Gasteiger partial charge in [-0.25, -0.2) is 0 Å². The second-order valence-corrected chi connectivity index (χ2v) is 7.24. The average Bonchev–Trinajstić information content (AvgIpc) is 3.31. The maximum atomic E-state index is 12.6. The standard InChI is InChI=1S/C25H22N4O3/c1-16-6-4-5-7-22(16)28-27-19-10-13-21(17(2)14-19)26-25(30)23-15-24(32-29-23)18-8-11-20(31-3)12-9-18/h4-15H,1-3H3,(H,26,30). The molecule has 0 saturated carbocycles. The molecule has 0 atom stereocenters. The topological polar surface area (TPSA) is 89.1 Å². The predicted octanol–water partition coefficient (Wildman–Crippen LogP) is 6.63. The Bertz CT molecular complexity index is 1280. The number of benzene rings is 3. The van der Waals surface area contributed by atoms with Crippen molar-refractivity contribution in [2.24, 2.45) is 10.2 Å². The molecule has 4 aromatic rings. The van der Waals surface area contributed by atoms with Crippen LogP contribution in [-0.2, 0) is 0 Å². The molecule has 0 saturated heterocycles. The van der Waals surface area contributed by atoms with E-state index < -0.39 is 0 Å². The van der Waals surface area contributed by atoms with Gasteiger partial charge in [-0.1, -0.05) is 23.4 Å². The van der Waals surface area contributed by atoms with E-state index in [2.05, 4.69) is 20.7 Å². The van der Waals surface area contributed by atoms with Crippen LogP contribution in [0.4, 0.5) is 17.1 Å². The predicted molar refractivity (Wildman–Crippen MR) is 123 cm³/mol. The van der Waals surface area contributed by atoms with E-state index in [0.29, 0.717) is 17.1 Å². The summed E-state index contributed by atoms with van der Waals surface area (Å²) >= 11 is 0. The third-order valence-corrected chi connectivity index (χ3v) is 4.96. The van der Waals surface area contributed by atoms with E-state index in [1.807, 2.05) is 68.4 Å². The molecule has 1 heterocycles. The zero-order valence-corrected chi connectivity index (χ0v) is 18.0. The second kappa shape index (κ2) is 9.26. The van der Waals surface area contributed by atoms with Crippen molar-refractivity contribution in [1.29, 1.82) is 0 Å². The number of hydrogen-bond acceptors (Lipinski definition) is 6. The van der Waals surface area contributed by atoms with Gasteiger partial charge in [0.25, 0.3) is 5.91 Å². The summed E-state index contributed by atoms with van der Waals surface area (Å²) in [6.07, 6.45) is 0. The van der Waals surface area contributed by atoms with Gasteiger partial charge < -0.3 is 14.6 Å². The van der Waals surface area contributed by atoms with Gasteiger partial charge in [0.2, 0.25) is 0 Å². The maximum Gasteiger partial charge on any atom is 0.277 e. The summed E-state index contributed by atoms with van der Waals surface area (Å²) in [5, 5.41) is 15.4. The number of azo groups is 1. The minimum absolute atomic E-state index is 0.193. The number of rotatable bonds is 6. The molecule has 0 spiro atoms. The lowest BCUT2D eigenvalue weighted by molar-refractivity contribution is 0.101. The summed E-state index contributed by atoms with van der Waals surface area (Å²) in [5.74, 6) is 0.885. The molecule has 0 aliphatic carbocycles. The molecule has 1 amide bonds. The quantitative estimate of drug-likeness (QED) is 0.350. The van der Waals surface area contributed by atoms with Gasteiger partial charge in [0, 0.05) is 17.3 Å². The van der Waals surface area contributed by atoms with E-state index in [1.54, 1.807) is 25.3 Å². The number of methoxy groups -OCH3 is 1. The van der Waals surface area contributed by atoms with Crippen LogP contribution in [0.3, 0.4) is 0 Å². The van der Waals surface area contributed by atoms with Crippen molar-refractivity contribution in [3.05, 3.63) is 89.6 Å². The molecular formula is C25H22N4O3. The number of anilines is 1. The van der Waals surface area contributed by atoms with E-state index in [-0.39, 0.29) is 11.6 Å². The number of amides is 1. The third-order valence-electron chi connectivity index (χ3n) is 4.96. The minimum Gasteiger partial charge on any atom is -0.497 e. The Morgan fingerprint density at radius 2 is 1.72 bits per heavy atom. The van der Waals surface area contributed by atoms with Crippen molar-refractivity contribution in [1.82, 2.24) is 5.16 Å². The van der Waals surface area contributed by atoms with E-state index in [0.717, 1.165) is 28.1 Å². The van der Waals surface area contributed by atoms with Crippen LogP contribution in [0.1, 0.15) is 21.6 Å². The fourth-order valence-corrected chi connectivity index (χ4v) is 3.10. The molecule has 0 radical (unpaired) electrons.